The van der Waals surface area contributed by atoms with Gasteiger partial charge in [-0.05, 0) is 54.2 Å². The van der Waals surface area contributed by atoms with Crippen LogP contribution in [0.15, 0.2) is 83.5 Å². The Morgan fingerprint density at radius 3 is 2.36 bits per heavy atom. The van der Waals surface area contributed by atoms with Crippen molar-refractivity contribution in [2.75, 3.05) is 10.6 Å². The lowest BCUT2D eigenvalue weighted by Crippen LogP contribution is -2.32. The number of rotatable bonds is 5. The van der Waals surface area contributed by atoms with Gasteiger partial charge in [0, 0.05) is 17.5 Å². The van der Waals surface area contributed by atoms with Gasteiger partial charge >= 0.3 is 0 Å². The molecule has 3 aromatic rings. The van der Waals surface area contributed by atoms with Gasteiger partial charge in [-0.25, -0.2) is 0 Å². The Morgan fingerprint density at radius 2 is 1.64 bits per heavy atom. The first kappa shape index (κ1) is 19.1. The molecule has 0 saturated heterocycles. The molecular formula is C21H17N3O3S. The normalized spacial score (nSPS) is 10.4. The molecule has 28 heavy (non-hydrogen) atoms. The number of benzene rings is 2. The number of thiocarbonyl (C=S) groups is 1. The summed E-state index contributed by atoms with van der Waals surface area (Å²) in [7, 11) is 0. The lowest BCUT2D eigenvalue weighted by atomic mass is 10.2. The van der Waals surface area contributed by atoms with E-state index in [1.165, 1.54) is 12.3 Å². The number of carbonyl (C=O) groups excluding carboxylic acids is 2. The molecule has 0 bridgehead atoms. The van der Waals surface area contributed by atoms with Gasteiger partial charge in [0.1, 0.15) is 0 Å². The summed E-state index contributed by atoms with van der Waals surface area (Å²) in [6.07, 6.45) is 4.53. The van der Waals surface area contributed by atoms with Crippen LogP contribution in [0.25, 0.3) is 6.08 Å². The zero-order valence-electron chi connectivity index (χ0n) is 14.7. The Kier molecular flexibility index (Phi) is 6.33. The minimum atomic E-state index is -0.357. The van der Waals surface area contributed by atoms with Crippen molar-refractivity contribution in [2.45, 2.75) is 0 Å². The van der Waals surface area contributed by atoms with Crippen molar-refractivity contribution in [3.8, 4) is 0 Å². The summed E-state index contributed by atoms with van der Waals surface area (Å²) >= 11 is 5.16. The van der Waals surface area contributed by atoms with Crippen LogP contribution in [0.3, 0.4) is 0 Å². The van der Waals surface area contributed by atoms with Crippen molar-refractivity contribution in [1.82, 2.24) is 5.32 Å². The summed E-state index contributed by atoms with van der Waals surface area (Å²) in [5.41, 5.74) is 2.09. The molecule has 1 aromatic heterocycles. The van der Waals surface area contributed by atoms with Gasteiger partial charge in [-0.3, -0.25) is 14.9 Å². The van der Waals surface area contributed by atoms with Crippen LogP contribution in [0.4, 0.5) is 11.4 Å². The number of hydrogen-bond acceptors (Lipinski definition) is 4. The topological polar surface area (TPSA) is 83.4 Å². The third-order valence-electron chi connectivity index (χ3n) is 3.59. The molecular weight excluding hydrogens is 374 g/mol. The maximum absolute atomic E-state index is 12.0. The molecule has 140 valence electrons. The first-order valence-corrected chi connectivity index (χ1v) is 8.81. The van der Waals surface area contributed by atoms with E-state index >= 15 is 0 Å². The van der Waals surface area contributed by atoms with Crippen molar-refractivity contribution < 1.29 is 14.0 Å². The second-order valence-electron chi connectivity index (χ2n) is 5.70. The van der Waals surface area contributed by atoms with Crippen LogP contribution in [0, 0.1) is 0 Å². The number of nitrogens with one attached hydrogen (secondary N) is 3. The molecule has 7 heteroatoms. The molecule has 0 unspecified atom stereocenters. The summed E-state index contributed by atoms with van der Waals surface area (Å²) < 4.78 is 5.06. The van der Waals surface area contributed by atoms with Crippen LogP contribution in [0.2, 0.25) is 0 Å². The van der Waals surface area contributed by atoms with E-state index in [0.717, 1.165) is 5.56 Å². The Hall–Kier alpha value is -3.71. The number of amides is 2. The molecule has 2 aromatic carbocycles. The second kappa shape index (κ2) is 9.29. The van der Waals surface area contributed by atoms with E-state index in [4.69, 9.17) is 16.6 Å². The maximum Gasteiger partial charge on any atom is 0.291 e. The van der Waals surface area contributed by atoms with Gasteiger partial charge in [-0.15, -0.1) is 0 Å². The molecule has 0 saturated carbocycles. The van der Waals surface area contributed by atoms with Crippen molar-refractivity contribution >= 4 is 46.6 Å². The molecule has 0 spiro atoms. The van der Waals surface area contributed by atoms with Gasteiger partial charge in [0.2, 0.25) is 5.91 Å². The van der Waals surface area contributed by atoms with Crippen LogP contribution in [0.1, 0.15) is 16.1 Å². The Labute approximate surface area is 167 Å². The molecule has 6 nitrogen and oxygen atoms in total. The van der Waals surface area contributed by atoms with Crippen molar-refractivity contribution in [2.24, 2.45) is 0 Å². The van der Waals surface area contributed by atoms with Crippen molar-refractivity contribution in [3.05, 3.63) is 90.4 Å². The quantitative estimate of drug-likeness (QED) is 0.451. The number of hydrogen-bond donors (Lipinski definition) is 3. The standard InChI is InChI=1S/C21H17N3O3S/c25-19(12-11-15-6-2-1-3-7-15)24-21(28)23-17-9-4-8-16(14-17)22-20(26)18-10-5-13-27-18/h1-14H,(H,22,26)(H2,23,24,25,28)/b12-11+. The third-order valence-corrected chi connectivity index (χ3v) is 3.79. The van der Waals surface area contributed by atoms with Crippen molar-refractivity contribution in [1.29, 1.82) is 0 Å². The van der Waals surface area contributed by atoms with Gasteiger partial charge in [0.15, 0.2) is 10.9 Å². The van der Waals surface area contributed by atoms with Gasteiger partial charge in [0.05, 0.1) is 6.26 Å². The molecule has 3 N–H and O–H groups in total. The predicted molar refractivity (Wildman–Crippen MR) is 113 cm³/mol. The van der Waals surface area contributed by atoms with E-state index in [1.807, 2.05) is 30.3 Å². The minimum absolute atomic E-state index is 0.150. The second-order valence-corrected chi connectivity index (χ2v) is 6.11. The van der Waals surface area contributed by atoms with Crippen LogP contribution in [-0.2, 0) is 4.79 Å². The molecule has 0 aliphatic rings. The zero-order chi connectivity index (χ0) is 19.8. The summed E-state index contributed by atoms with van der Waals surface area (Å²) in [4.78, 5) is 24.0. The highest BCUT2D eigenvalue weighted by Gasteiger charge is 2.09. The van der Waals surface area contributed by atoms with E-state index in [1.54, 1.807) is 42.5 Å². The summed E-state index contributed by atoms with van der Waals surface area (Å²) in [6, 6.07) is 19.6. The van der Waals surface area contributed by atoms with E-state index in [2.05, 4.69) is 16.0 Å². The summed E-state index contributed by atoms with van der Waals surface area (Å²) in [6.45, 7) is 0. The average molecular weight is 391 g/mol. The van der Waals surface area contributed by atoms with Gasteiger partial charge in [-0.2, -0.15) is 0 Å². The largest absolute Gasteiger partial charge is 0.459 e. The average Bonchev–Trinajstić information content (AvgIpc) is 3.22. The Morgan fingerprint density at radius 1 is 0.893 bits per heavy atom. The lowest BCUT2D eigenvalue weighted by molar-refractivity contribution is -0.115. The predicted octanol–water partition coefficient (Wildman–Crippen LogP) is 4.06. The molecule has 3 rings (SSSR count). The first-order chi connectivity index (χ1) is 13.6. The van der Waals surface area contributed by atoms with E-state index in [0.29, 0.717) is 11.4 Å². The fourth-order valence-electron chi connectivity index (χ4n) is 2.33. The fraction of sp³-hybridized carbons (Fsp3) is 0. The highest BCUT2D eigenvalue weighted by Crippen LogP contribution is 2.16. The van der Waals surface area contributed by atoms with E-state index in [-0.39, 0.29) is 22.7 Å². The van der Waals surface area contributed by atoms with Crippen molar-refractivity contribution in [3.63, 3.8) is 0 Å². The number of carbonyl (C=O) groups is 2. The highest BCUT2D eigenvalue weighted by atomic mass is 32.1. The Balaban J connectivity index is 1.54. The van der Waals surface area contributed by atoms with E-state index in [9.17, 15) is 9.59 Å². The van der Waals surface area contributed by atoms with E-state index < -0.39 is 0 Å². The Bertz CT molecular complexity index is 999. The van der Waals surface area contributed by atoms with Crippen LogP contribution in [0.5, 0.6) is 0 Å². The highest BCUT2D eigenvalue weighted by molar-refractivity contribution is 7.80. The molecule has 0 aliphatic carbocycles. The number of anilines is 2. The third kappa shape index (κ3) is 5.65. The minimum Gasteiger partial charge on any atom is -0.459 e. The lowest BCUT2D eigenvalue weighted by Gasteiger charge is -2.10. The molecule has 0 fully saturated rings. The van der Waals surface area contributed by atoms with Gasteiger partial charge < -0.3 is 15.1 Å². The number of furan rings is 1. The van der Waals surface area contributed by atoms with Crippen LogP contribution in [-0.4, -0.2) is 16.9 Å². The molecule has 2 amide bonds. The first-order valence-electron chi connectivity index (χ1n) is 8.40. The van der Waals surface area contributed by atoms with Gasteiger partial charge in [0.25, 0.3) is 5.91 Å². The smallest absolute Gasteiger partial charge is 0.291 e. The molecule has 0 aliphatic heterocycles. The SMILES string of the molecule is O=C(/C=C/c1ccccc1)NC(=S)Nc1cccc(NC(=O)c2ccco2)c1. The molecule has 0 radical (unpaired) electrons. The van der Waals surface area contributed by atoms with Gasteiger partial charge in [-0.1, -0.05) is 36.4 Å². The monoisotopic (exact) mass is 391 g/mol. The summed E-state index contributed by atoms with van der Waals surface area (Å²) in [5, 5.41) is 8.36. The van der Waals surface area contributed by atoms with Crippen LogP contribution >= 0.6 is 12.2 Å². The van der Waals surface area contributed by atoms with Crippen LogP contribution < -0.4 is 16.0 Å². The zero-order valence-corrected chi connectivity index (χ0v) is 15.5. The molecule has 0 atom stereocenters. The molecule has 1 heterocycles. The summed E-state index contributed by atoms with van der Waals surface area (Å²) in [5.74, 6) is -0.487. The maximum atomic E-state index is 12.0. The fourth-order valence-corrected chi connectivity index (χ4v) is 2.55.